The highest BCUT2D eigenvalue weighted by Crippen LogP contribution is 2.30. The van der Waals surface area contributed by atoms with Crippen molar-refractivity contribution in [2.45, 2.75) is 32.6 Å². The lowest BCUT2D eigenvalue weighted by Gasteiger charge is -2.17. The minimum Gasteiger partial charge on any atom is -0.372 e. The molecule has 0 bridgehead atoms. The van der Waals surface area contributed by atoms with Crippen LogP contribution in [0.25, 0.3) is 5.65 Å². The minimum absolute atomic E-state index is 0.171. The molecule has 5 nitrogen and oxygen atoms in total. The number of aromatic nitrogens is 2. The maximum absolute atomic E-state index is 13.7. The lowest BCUT2D eigenvalue weighted by atomic mass is 10.1. The van der Waals surface area contributed by atoms with Crippen LogP contribution in [0.1, 0.15) is 38.3 Å². The first-order valence-corrected chi connectivity index (χ1v) is 9.06. The van der Waals surface area contributed by atoms with Crippen LogP contribution in [-0.2, 0) is 0 Å². The van der Waals surface area contributed by atoms with E-state index in [2.05, 4.69) is 32.2 Å². The number of hydrogen-bond donors (Lipinski definition) is 0. The van der Waals surface area contributed by atoms with Crippen LogP contribution in [0, 0.1) is 5.82 Å². The lowest BCUT2D eigenvalue weighted by molar-refractivity contribution is 0.619. The van der Waals surface area contributed by atoms with Crippen molar-refractivity contribution in [2.75, 3.05) is 18.0 Å². The Morgan fingerprint density at radius 1 is 1.00 bits per heavy atom. The fourth-order valence-electron chi connectivity index (χ4n) is 3.32. The van der Waals surface area contributed by atoms with Crippen LogP contribution >= 0.6 is 0 Å². The van der Waals surface area contributed by atoms with Crippen LogP contribution in [0.5, 0.6) is 0 Å². The molecule has 0 unspecified atom stereocenters. The van der Waals surface area contributed by atoms with Crippen molar-refractivity contribution in [3.05, 3.63) is 54.1 Å². The summed E-state index contributed by atoms with van der Waals surface area (Å²) in [5.74, 6) is 0.430. The molecule has 1 saturated heterocycles. The molecule has 0 radical (unpaired) electrons. The zero-order valence-electron chi connectivity index (χ0n) is 15.1. The van der Waals surface area contributed by atoms with E-state index in [4.69, 9.17) is 0 Å². The maximum atomic E-state index is 13.7. The van der Waals surface area contributed by atoms with Gasteiger partial charge in [-0.1, -0.05) is 13.8 Å². The number of rotatable bonds is 4. The van der Waals surface area contributed by atoms with Gasteiger partial charge in [0.15, 0.2) is 5.82 Å². The number of pyridine rings is 1. The molecule has 0 amide bonds. The van der Waals surface area contributed by atoms with Crippen molar-refractivity contribution in [1.82, 2.24) is 9.38 Å². The first kappa shape index (κ1) is 16.7. The summed E-state index contributed by atoms with van der Waals surface area (Å²) >= 11 is 0. The zero-order valence-corrected chi connectivity index (χ0v) is 15.1. The Hall–Kier alpha value is -2.76. The normalized spacial score (nSPS) is 15.0. The van der Waals surface area contributed by atoms with Crippen LogP contribution < -0.4 is 4.90 Å². The van der Waals surface area contributed by atoms with E-state index in [9.17, 15) is 4.39 Å². The van der Waals surface area contributed by atoms with Crippen LogP contribution in [-0.4, -0.2) is 22.5 Å². The van der Waals surface area contributed by atoms with Crippen molar-refractivity contribution in [1.29, 1.82) is 0 Å². The molecule has 1 aliphatic rings. The van der Waals surface area contributed by atoms with Crippen LogP contribution in [0.4, 0.5) is 21.6 Å². The molecule has 1 aromatic carbocycles. The number of anilines is 1. The highest BCUT2D eigenvalue weighted by molar-refractivity contribution is 5.55. The number of fused-ring (bicyclic) bond motifs is 1. The van der Waals surface area contributed by atoms with Crippen molar-refractivity contribution in [3.8, 4) is 0 Å². The molecule has 6 heteroatoms. The number of imidazole rings is 1. The molecule has 134 valence electrons. The SMILES string of the molecule is CC(C)c1nc2ccc(F)cn2c1N=Nc1ccc(N2CCCC2)cc1. The summed E-state index contributed by atoms with van der Waals surface area (Å²) in [4.78, 5) is 6.95. The van der Waals surface area contributed by atoms with Gasteiger partial charge in [0.05, 0.1) is 11.4 Å². The molecule has 0 aliphatic carbocycles. The van der Waals surface area contributed by atoms with Crippen LogP contribution in [0.2, 0.25) is 0 Å². The van der Waals surface area contributed by atoms with Crippen LogP contribution in [0.15, 0.2) is 52.8 Å². The Kier molecular flexibility index (Phi) is 4.41. The Morgan fingerprint density at radius 2 is 1.73 bits per heavy atom. The fourth-order valence-corrected chi connectivity index (χ4v) is 3.32. The van der Waals surface area contributed by atoms with Gasteiger partial charge in [0, 0.05) is 25.0 Å². The molecule has 0 atom stereocenters. The fraction of sp³-hybridized carbons (Fsp3) is 0.350. The predicted molar refractivity (Wildman–Crippen MR) is 101 cm³/mol. The minimum atomic E-state index is -0.323. The molecule has 2 aromatic heterocycles. The largest absolute Gasteiger partial charge is 0.372 e. The van der Waals surface area contributed by atoms with E-state index in [0.717, 1.165) is 24.5 Å². The zero-order chi connectivity index (χ0) is 18.1. The molecule has 1 fully saturated rings. The third-order valence-electron chi connectivity index (χ3n) is 4.71. The molecule has 1 aliphatic heterocycles. The van der Waals surface area contributed by atoms with Crippen molar-refractivity contribution < 1.29 is 4.39 Å². The molecule has 26 heavy (non-hydrogen) atoms. The molecular formula is C20H22FN5. The number of azo groups is 1. The topological polar surface area (TPSA) is 45.3 Å². The third kappa shape index (κ3) is 3.19. The van der Waals surface area contributed by atoms with Gasteiger partial charge in [0.2, 0.25) is 0 Å². The summed E-state index contributed by atoms with van der Waals surface area (Å²) < 4.78 is 15.3. The molecular weight excluding hydrogens is 329 g/mol. The maximum Gasteiger partial charge on any atom is 0.183 e. The van der Waals surface area contributed by atoms with Crippen molar-refractivity contribution >= 4 is 22.8 Å². The molecule has 3 heterocycles. The first-order valence-electron chi connectivity index (χ1n) is 9.06. The number of nitrogens with zero attached hydrogens (tertiary/aromatic N) is 5. The summed E-state index contributed by atoms with van der Waals surface area (Å²) in [5.41, 5.74) is 3.48. The molecule has 0 spiro atoms. The summed E-state index contributed by atoms with van der Waals surface area (Å²) in [6.07, 6.45) is 3.91. The van der Waals surface area contributed by atoms with Gasteiger partial charge in [0.1, 0.15) is 11.5 Å². The van der Waals surface area contributed by atoms with Gasteiger partial charge in [-0.15, -0.1) is 10.2 Å². The van der Waals surface area contributed by atoms with Gasteiger partial charge < -0.3 is 4.90 Å². The van der Waals surface area contributed by atoms with E-state index in [-0.39, 0.29) is 11.7 Å². The monoisotopic (exact) mass is 351 g/mol. The second-order valence-corrected chi connectivity index (χ2v) is 6.96. The van der Waals surface area contributed by atoms with E-state index >= 15 is 0 Å². The van der Waals surface area contributed by atoms with Gasteiger partial charge in [-0.3, -0.25) is 4.40 Å². The average Bonchev–Trinajstić information content (AvgIpc) is 3.28. The molecule has 4 rings (SSSR count). The standard InChI is InChI=1S/C20H22FN5/c1-14(2)19-20(26-13-15(21)5-10-18(26)22-19)24-23-16-6-8-17(9-7-16)25-11-3-4-12-25/h5-10,13-14H,3-4,11-12H2,1-2H3. The second-order valence-electron chi connectivity index (χ2n) is 6.96. The Labute approximate surface area is 152 Å². The Balaban J connectivity index is 1.65. The summed E-state index contributed by atoms with van der Waals surface area (Å²) in [6, 6.07) is 11.2. The lowest BCUT2D eigenvalue weighted by Crippen LogP contribution is -2.17. The smallest absolute Gasteiger partial charge is 0.183 e. The van der Waals surface area contributed by atoms with E-state index in [1.807, 2.05) is 26.0 Å². The quantitative estimate of drug-likeness (QED) is 0.573. The molecule has 3 aromatic rings. The van der Waals surface area contributed by atoms with Crippen molar-refractivity contribution in [2.24, 2.45) is 10.2 Å². The Bertz CT molecular complexity index is 937. The van der Waals surface area contributed by atoms with E-state index in [0.29, 0.717) is 11.5 Å². The summed E-state index contributed by atoms with van der Waals surface area (Å²) in [6.45, 7) is 6.32. The first-order chi connectivity index (χ1) is 12.6. The van der Waals surface area contributed by atoms with Crippen LogP contribution in [0.3, 0.4) is 0 Å². The Morgan fingerprint density at radius 3 is 2.42 bits per heavy atom. The van der Waals surface area contributed by atoms with Gasteiger partial charge >= 0.3 is 0 Å². The van der Waals surface area contributed by atoms with Gasteiger partial charge in [-0.05, 0) is 55.2 Å². The molecule has 0 N–H and O–H groups in total. The van der Waals surface area contributed by atoms with E-state index in [1.54, 1.807) is 10.5 Å². The summed E-state index contributed by atoms with van der Waals surface area (Å²) in [5, 5.41) is 8.76. The molecule has 0 saturated carbocycles. The number of benzene rings is 1. The number of hydrogen-bond acceptors (Lipinski definition) is 4. The average molecular weight is 351 g/mol. The number of halogens is 1. The van der Waals surface area contributed by atoms with Gasteiger partial charge in [0.25, 0.3) is 0 Å². The third-order valence-corrected chi connectivity index (χ3v) is 4.71. The van der Waals surface area contributed by atoms with Crippen molar-refractivity contribution in [3.63, 3.8) is 0 Å². The second kappa shape index (κ2) is 6.86. The highest BCUT2D eigenvalue weighted by Gasteiger charge is 2.16. The van der Waals surface area contributed by atoms with Gasteiger partial charge in [-0.2, -0.15) is 0 Å². The van der Waals surface area contributed by atoms with Gasteiger partial charge in [-0.25, -0.2) is 9.37 Å². The highest BCUT2D eigenvalue weighted by atomic mass is 19.1. The van der Waals surface area contributed by atoms with E-state index < -0.39 is 0 Å². The predicted octanol–water partition coefficient (Wildman–Crippen LogP) is 5.61. The summed E-state index contributed by atoms with van der Waals surface area (Å²) in [7, 11) is 0. The van der Waals surface area contributed by atoms with E-state index in [1.165, 1.54) is 30.8 Å².